The van der Waals surface area contributed by atoms with E-state index >= 15 is 0 Å². The molecule has 0 N–H and O–H groups in total. The summed E-state index contributed by atoms with van der Waals surface area (Å²) in [7, 11) is 1.57. The van der Waals surface area contributed by atoms with Crippen LogP contribution in [-0.4, -0.2) is 21.8 Å². The van der Waals surface area contributed by atoms with Crippen molar-refractivity contribution < 1.29 is 9.66 Å². The van der Waals surface area contributed by atoms with Crippen LogP contribution in [0.15, 0.2) is 24.3 Å². The number of benzene rings is 1. The molecule has 0 saturated carbocycles. The Morgan fingerprint density at radius 3 is 2.47 bits per heavy atom. The zero-order valence-corrected chi connectivity index (χ0v) is 11.2. The summed E-state index contributed by atoms with van der Waals surface area (Å²) in [4.78, 5) is 10.5. The van der Waals surface area contributed by atoms with Gasteiger partial charge in [0.1, 0.15) is 11.4 Å². The molecule has 0 atom stereocenters. The first-order valence-electron chi connectivity index (χ1n) is 5.64. The van der Waals surface area contributed by atoms with Gasteiger partial charge in [0.2, 0.25) is 5.15 Å². The van der Waals surface area contributed by atoms with E-state index < -0.39 is 4.92 Å². The standard InChI is InChI=1S/C12H12ClN3O3/c1-3-10-11(16(17)18)12(13)15(14-10)8-4-6-9(19-2)7-5-8/h4-7H,3H2,1-2H3. The van der Waals surface area contributed by atoms with Gasteiger partial charge in [0, 0.05) is 0 Å². The van der Waals surface area contributed by atoms with Crippen LogP contribution < -0.4 is 4.74 Å². The predicted octanol–water partition coefficient (Wildman–Crippen LogP) is 3.00. The molecule has 0 amide bonds. The molecule has 0 aliphatic rings. The third-order valence-corrected chi connectivity index (χ3v) is 3.05. The summed E-state index contributed by atoms with van der Waals surface area (Å²) in [5.74, 6) is 0.692. The predicted molar refractivity (Wildman–Crippen MR) is 71.2 cm³/mol. The average molecular weight is 282 g/mol. The first kappa shape index (κ1) is 13.4. The number of ether oxygens (including phenoxy) is 1. The van der Waals surface area contributed by atoms with Crippen molar-refractivity contribution in [3.05, 3.63) is 45.2 Å². The summed E-state index contributed by atoms with van der Waals surface area (Å²) >= 11 is 6.04. The largest absolute Gasteiger partial charge is 0.497 e. The van der Waals surface area contributed by atoms with Gasteiger partial charge in [0.05, 0.1) is 17.7 Å². The monoisotopic (exact) mass is 281 g/mol. The summed E-state index contributed by atoms with van der Waals surface area (Å²) in [6, 6.07) is 6.96. The van der Waals surface area contributed by atoms with Crippen molar-refractivity contribution in [1.82, 2.24) is 9.78 Å². The number of hydrogen-bond donors (Lipinski definition) is 0. The molecule has 0 saturated heterocycles. The minimum absolute atomic E-state index is 0.00650. The van der Waals surface area contributed by atoms with E-state index in [4.69, 9.17) is 16.3 Å². The van der Waals surface area contributed by atoms with Crippen LogP contribution in [0.4, 0.5) is 5.69 Å². The maximum Gasteiger partial charge on any atom is 0.329 e. The van der Waals surface area contributed by atoms with E-state index in [1.807, 2.05) is 0 Å². The third-order valence-electron chi connectivity index (χ3n) is 2.71. The Bertz CT molecular complexity index is 607. The van der Waals surface area contributed by atoms with E-state index in [2.05, 4.69) is 5.10 Å². The Kier molecular flexibility index (Phi) is 3.71. The molecule has 2 aromatic rings. The zero-order chi connectivity index (χ0) is 14.0. The molecular weight excluding hydrogens is 270 g/mol. The fourth-order valence-corrected chi connectivity index (χ4v) is 2.06. The zero-order valence-electron chi connectivity index (χ0n) is 10.5. The van der Waals surface area contributed by atoms with Gasteiger partial charge in [0.15, 0.2) is 0 Å². The summed E-state index contributed by atoms with van der Waals surface area (Å²) in [5, 5.41) is 15.2. The van der Waals surface area contributed by atoms with E-state index in [1.54, 1.807) is 38.3 Å². The van der Waals surface area contributed by atoms with Crippen LogP contribution in [0.25, 0.3) is 5.69 Å². The summed E-state index contributed by atoms with van der Waals surface area (Å²) in [5.41, 5.74) is 0.874. The molecule has 1 heterocycles. The van der Waals surface area contributed by atoms with Crippen molar-refractivity contribution in [3.8, 4) is 11.4 Å². The van der Waals surface area contributed by atoms with Crippen molar-refractivity contribution in [2.24, 2.45) is 0 Å². The fraction of sp³-hybridized carbons (Fsp3) is 0.250. The SMILES string of the molecule is CCc1nn(-c2ccc(OC)cc2)c(Cl)c1[N+](=O)[O-]. The molecule has 1 aromatic carbocycles. The molecule has 0 bridgehead atoms. The second kappa shape index (κ2) is 5.27. The highest BCUT2D eigenvalue weighted by Gasteiger charge is 2.25. The van der Waals surface area contributed by atoms with E-state index in [0.29, 0.717) is 23.6 Å². The first-order chi connectivity index (χ1) is 9.08. The quantitative estimate of drug-likeness (QED) is 0.638. The molecule has 100 valence electrons. The highest BCUT2D eigenvalue weighted by atomic mass is 35.5. The first-order valence-corrected chi connectivity index (χ1v) is 6.02. The Labute approximate surface area is 114 Å². The molecule has 0 aliphatic heterocycles. The molecule has 0 spiro atoms. The Morgan fingerprint density at radius 2 is 2.05 bits per heavy atom. The molecule has 6 nitrogen and oxygen atoms in total. The number of aromatic nitrogens is 2. The minimum Gasteiger partial charge on any atom is -0.497 e. The maximum absolute atomic E-state index is 11.0. The lowest BCUT2D eigenvalue weighted by Crippen LogP contribution is -1.97. The Balaban J connectivity index is 2.52. The van der Waals surface area contributed by atoms with Gasteiger partial charge >= 0.3 is 5.69 Å². The van der Waals surface area contributed by atoms with Crippen molar-refractivity contribution >= 4 is 17.3 Å². The van der Waals surface area contributed by atoms with Crippen LogP contribution >= 0.6 is 11.6 Å². The lowest BCUT2D eigenvalue weighted by Gasteiger charge is -2.03. The van der Waals surface area contributed by atoms with Crippen molar-refractivity contribution in [2.75, 3.05) is 7.11 Å². The van der Waals surface area contributed by atoms with Crippen molar-refractivity contribution in [2.45, 2.75) is 13.3 Å². The third kappa shape index (κ3) is 2.39. The molecule has 2 rings (SSSR count). The van der Waals surface area contributed by atoms with Crippen molar-refractivity contribution in [3.63, 3.8) is 0 Å². The average Bonchev–Trinajstić information content (AvgIpc) is 2.76. The van der Waals surface area contributed by atoms with E-state index in [1.165, 1.54) is 4.68 Å². The van der Waals surface area contributed by atoms with E-state index in [0.717, 1.165) is 0 Å². The molecule has 0 aliphatic carbocycles. The van der Waals surface area contributed by atoms with Crippen LogP contribution in [-0.2, 0) is 6.42 Å². The minimum atomic E-state index is -0.506. The number of nitro groups is 1. The van der Waals surface area contributed by atoms with Crippen LogP contribution in [0.3, 0.4) is 0 Å². The molecule has 1 aromatic heterocycles. The second-order valence-electron chi connectivity index (χ2n) is 3.81. The lowest BCUT2D eigenvalue weighted by atomic mass is 10.3. The maximum atomic E-state index is 11.0. The molecular formula is C12H12ClN3O3. The highest BCUT2D eigenvalue weighted by molar-refractivity contribution is 6.32. The molecule has 19 heavy (non-hydrogen) atoms. The van der Waals surface area contributed by atoms with Crippen LogP contribution in [0.1, 0.15) is 12.6 Å². The Morgan fingerprint density at radius 1 is 1.42 bits per heavy atom. The second-order valence-corrected chi connectivity index (χ2v) is 4.16. The smallest absolute Gasteiger partial charge is 0.329 e. The van der Waals surface area contributed by atoms with Gasteiger partial charge in [-0.25, -0.2) is 4.68 Å². The van der Waals surface area contributed by atoms with Gasteiger partial charge in [-0.2, -0.15) is 5.10 Å². The normalized spacial score (nSPS) is 10.5. The molecule has 7 heteroatoms. The van der Waals surface area contributed by atoms with Gasteiger partial charge in [-0.05, 0) is 30.7 Å². The van der Waals surface area contributed by atoms with Crippen LogP contribution in [0.5, 0.6) is 5.75 Å². The molecule has 0 fully saturated rings. The topological polar surface area (TPSA) is 70.2 Å². The summed E-state index contributed by atoms with van der Waals surface area (Å²) in [6.45, 7) is 1.80. The highest BCUT2D eigenvalue weighted by Crippen LogP contribution is 2.31. The molecule has 0 unspecified atom stereocenters. The molecule has 0 radical (unpaired) electrons. The van der Waals surface area contributed by atoms with Gasteiger partial charge in [-0.3, -0.25) is 10.1 Å². The van der Waals surface area contributed by atoms with Gasteiger partial charge in [-0.15, -0.1) is 0 Å². The number of rotatable bonds is 4. The number of aryl methyl sites for hydroxylation is 1. The van der Waals surface area contributed by atoms with Gasteiger partial charge in [-0.1, -0.05) is 18.5 Å². The van der Waals surface area contributed by atoms with Crippen LogP contribution in [0.2, 0.25) is 5.15 Å². The number of halogens is 1. The van der Waals surface area contributed by atoms with Gasteiger partial charge in [0.25, 0.3) is 0 Å². The van der Waals surface area contributed by atoms with Crippen molar-refractivity contribution in [1.29, 1.82) is 0 Å². The van der Waals surface area contributed by atoms with Crippen LogP contribution in [0, 0.1) is 10.1 Å². The fourth-order valence-electron chi connectivity index (χ4n) is 1.74. The lowest BCUT2D eigenvalue weighted by molar-refractivity contribution is -0.385. The van der Waals surface area contributed by atoms with E-state index in [-0.39, 0.29) is 10.8 Å². The summed E-state index contributed by atoms with van der Waals surface area (Å²) < 4.78 is 6.41. The number of hydrogen-bond acceptors (Lipinski definition) is 4. The summed E-state index contributed by atoms with van der Waals surface area (Å²) in [6.07, 6.45) is 0.444. The Hall–Kier alpha value is -2.08. The van der Waals surface area contributed by atoms with Gasteiger partial charge < -0.3 is 4.74 Å². The number of methoxy groups -OCH3 is 1. The van der Waals surface area contributed by atoms with E-state index in [9.17, 15) is 10.1 Å². The number of nitrogens with zero attached hydrogens (tertiary/aromatic N) is 3.